The lowest BCUT2D eigenvalue weighted by Gasteiger charge is -2.32. The van der Waals surface area contributed by atoms with Crippen LogP contribution in [-0.2, 0) is 0 Å². The van der Waals surface area contributed by atoms with E-state index in [1.165, 1.54) is 5.39 Å². The molecule has 3 aromatic rings. The highest BCUT2D eigenvalue weighted by Crippen LogP contribution is 2.32. The molecule has 2 aliphatic rings. The summed E-state index contributed by atoms with van der Waals surface area (Å²) in [6, 6.07) is 15.7. The quantitative estimate of drug-likeness (QED) is 0.663. The number of aryl methyl sites for hydroxylation is 1. The predicted octanol–water partition coefficient (Wildman–Crippen LogP) is 3.00. The Morgan fingerprint density at radius 1 is 1.10 bits per heavy atom. The Labute approximate surface area is 181 Å². The molecule has 7 heteroatoms. The third-order valence-electron chi connectivity index (χ3n) is 5.98. The van der Waals surface area contributed by atoms with Gasteiger partial charge < -0.3 is 24.5 Å². The monoisotopic (exact) mass is 421 g/mol. The van der Waals surface area contributed by atoms with Gasteiger partial charge in [-0.05, 0) is 50.1 Å². The highest BCUT2D eigenvalue weighted by Gasteiger charge is 2.22. The van der Waals surface area contributed by atoms with E-state index in [9.17, 15) is 4.79 Å². The number of hydrogen-bond acceptors (Lipinski definition) is 5. The molecular formula is C24H27N3O4. The standard InChI is InChI=1S/C24H27N3O4/c1-17-14-18-4-2-3-5-21(18)27(17)31-20-8-11-26(12-9-20)13-10-25-24(28)19-6-7-22-23(15-19)30-16-29-22/h2-7,14-15,20H,8-13,16H2,1H3,(H,25,28). The van der Waals surface area contributed by atoms with E-state index in [-0.39, 0.29) is 18.8 Å². The molecule has 5 rings (SSSR count). The van der Waals surface area contributed by atoms with E-state index in [2.05, 4.69) is 41.4 Å². The van der Waals surface area contributed by atoms with Crippen LogP contribution in [0.5, 0.6) is 11.5 Å². The highest BCUT2D eigenvalue weighted by atomic mass is 16.7. The minimum atomic E-state index is -0.0912. The first kappa shape index (κ1) is 19.8. The summed E-state index contributed by atoms with van der Waals surface area (Å²) in [4.78, 5) is 21.1. The molecule has 162 valence electrons. The molecular weight excluding hydrogens is 394 g/mol. The van der Waals surface area contributed by atoms with Gasteiger partial charge in [-0.25, -0.2) is 0 Å². The Hall–Kier alpha value is -3.19. The van der Waals surface area contributed by atoms with Crippen molar-refractivity contribution in [1.82, 2.24) is 14.9 Å². The molecule has 2 aromatic carbocycles. The lowest BCUT2D eigenvalue weighted by molar-refractivity contribution is 0.000689. The molecule has 1 aromatic heterocycles. The van der Waals surface area contributed by atoms with Crippen LogP contribution in [0.4, 0.5) is 0 Å². The number of para-hydroxylation sites is 1. The van der Waals surface area contributed by atoms with E-state index in [1.54, 1.807) is 18.2 Å². The number of carbonyl (C=O) groups excluding carboxylic acids is 1. The lowest BCUT2D eigenvalue weighted by atomic mass is 10.1. The number of amides is 1. The molecule has 0 radical (unpaired) electrons. The molecule has 0 saturated carbocycles. The van der Waals surface area contributed by atoms with Crippen LogP contribution in [0.1, 0.15) is 28.9 Å². The van der Waals surface area contributed by atoms with Crippen LogP contribution in [0.25, 0.3) is 10.9 Å². The average molecular weight is 421 g/mol. The Morgan fingerprint density at radius 3 is 2.77 bits per heavy atom. The van der Waals surface area contributed by atoms with Crippen molar-refractivity contribution < 1.29 is 19.1 Å². The first-order valence-electron chi connectivity index (χ1n) is 10.8. The summed E-state index contributed by atoms with van der Waals surface area (Å²) in [7, 11) is 0. The molecule has 7 nitrogen and oxygen atoms in total. The Kier molecular flexibility index (Phi) is 5.42. The summed E-state index contributed by atoms with van der Waals surface area (Å²) in [5, 5.41) is 4.20. The maximum Gasteiger partial charge on any atom is 0.251 e. The van der Waals surface area contributed by atoms with Crippen molar-refractivity contribution in [3.63, 3.8) is 0 Å². The van der Waals surface area contributed by atoms with Crippen LogP contribution in [0, 0.1) is 6.92 Å². The number of aromatic nitrogens is 1. The van der Waals surface area contributed by atoms with Crippen LogP contribution in [0.15, 0.2) is 48.5 Å². The van der Waals surface area contributed by atoms with Gasteiger partial charge in [-0.2, -0.15) is 4.73 Å². The summed E-state index contributed by atoms with van der Waals surface area (Å²) >= 11 is 0. The van der Waals surface area contributed by atoms with Gasteiger partial charge in [-0.15, -0.1) is 0 Å². The Balaban J connectivity index is 1.08. The number of ether oxygens (including phenoxy) is 2. The number of fused-ring (bicyclic) bond motifs is 2. The maximum absolute atomic E-state index is 12.4. The molecule has 1 saturated heterocycles. The first-order chi connectivity index (χ1) is 15.2. The Bertz CT molecular complexity index is 1090. The smallest absolute Gasteiger partial charge is 0.251 e. The summed E-state index contributed by atoms with van der Waals surface area (Å²) < 4.78 is 12.6. The zero-order chi connectivity index (χ0) is 21.2. The number of nitrogens with zero attached hydrogens (tertiary/aromatic N) is 2. The molecule has 2 aliphatic heterocycles. The van der Waals surface area contributed by atoms with Crippen LogP contribution < -0.4 is 19.6 Å². The molecule has 1 amide bonds. The summed E-state index contributed by atoms with van der Waals surface area (Å²) in [6.45, 7) is 5.65. The molecule has 0 atom stereocenters. The molecule has 0 bridgehead atoms. The minimum Gasteiger partial charge on any atom is -0.454 e. The minimum absolute atomic E-state index is 0.0912. The van der Waals surface area contributed by atoms with Crippen LogP contribution in [-0.4, -0.2) is 54.6 Å². The molecule has 31 heavy (non-hydrogen) atoms. The zero-order valence-corrected chi connectivity index (χ0v) is 17.7. The number of hydrogen-bond donors (Lipinski definition) is 1. The number of nitrogens with one attached hydrogen (secondary N) is 1. The highest BCUT2D eigenvalue weighted by molar-refractivity contribution is 5.94. The van der Waals surface area contributed by atoms with Crippen molar-refractivity contribution >= 4 is 16.8 Å². The van der Waals surface area contributed by atoms with Crippen molar-refractivity contribution in [2.75, 3.05) is 33.0 Å². The predicted molar refractivity (Wildman–Crippen MR) is 118 cm³/mol. The van der Waals surface area contributed by atoms with Crippen molar-refractivity contribution in [3.8, 4) is 11.5 Å². The average Bonchev–Trinajstić information content (AvgIpc) is 3.38. The second-order valence-electron chi connectivity index (χ2n) is 8.11. The fraction of sp³-hybridized carbons (Fsp3) is 0.375. The lowest BCUT2D eigenvalue weighted by Crippen LogP contribution is -2.43. The number of likely N-dealkylation sites (tertiary alicyclic amines) is 1. The third-order valence-corrected chi connectivity index (χ3v) is 5.98. The second kappa shape index (κ2) is 8.51. The summed E-state index contributed by atoms with van der Waals surface area (Å²) in [6.07, 6.45) is 2.15. The molecule has 0 aliphatic carbocycles. The summed E-state index contributed by atoms with van der Waals surface area (Å²) in [5.74, 6) is 1.22. The van der Waals surface area contributed by atoms with Gasteiger partial charge in [0.15, 0.2) is 11.5 Å². The Morgan fingerprint density at radius 2 is 1.90 bits per heavy atom. The van der Waals surface area contributed by atoms with Gasteiger partial charge in [0, 0.05) is 37.1 Å². The fourth-order valence-corrected chi connectivity index (χ4v) is 4.26. The van der Waals surface area contributed by atoms with E-state index >= 15 is 0 Å². The van der Waals surface area contributed by atoms with Gasteiger partial charge in [-0.3, -0.25) is 4.79 Å². The summed E-state index contributed by atoms with van der Waals surface area (Å²) in [5.41, 5.74) is 2.83. The van der Waals surface area contributed by atoms with Crippen LogP contribution in [0.2, 0.25) is 0 Å². The van der Waals surface area contributed by atoms with Crippen molar-refractivity contribution in [1.29, 1.82) is 0 Å². The normalized spacial score (nSPS) is 16.5. The van der Waals surface area contributed by atoms with Gasteiger partial charge in [0.25, 0.3) is 5.91 Å². The number of piperidine rings is 1. The van der Waals surface area contributed by atoms with E-state index in [4.69, 9.17) is 14.3 Å². The zero-order valence-electron chi connectivity index (χ0n) is 17.7. The molecule has 1 N–H and O–H groups in total. The van der Waals surface area contributed by atoms with Gasteiger partial charge in [0.2, 0.25) is 6.79 Å². The molecule has 0 unspecified atom stereocenters. The van der Waals surface area contributed by atoms with Gasteiger partial charge in [-0.1, -0.05) is 18.2 Å². The number of rotatable bonds is 6. The third kappa shape index (κ3) is 4.18. The van der Waals surface area contributed by atoms with Crippen molar-refractivity contribution in [2.45, 2.75) is 25.9 Å². The van der Waals surface area contributed by atoms with Gasteiger partial charge in [0.1, 0.15) is 6.10 Å². The second-order valence-corrected chi connectivity index (χ2v) is 8.11. The molecule has 3 heterocycles. The van der Waals surface area contributed by atoms with Gasteiger partial charge >= 0.3 is 0 Å². The van der Waals surface area contributed by atoms with Crippen molar-refractivity contribution in [3.05, 3.63) is 59.8 Å². The van der Waals surface area contributed by atoms with Gasteiger partial charge in [0.05, 0.1) is 11.2 Å². The van der Waals surface area contributed by atoms with E-state index in [0.29, 0.717) is 23.6 Å². The SMILES string of the molecule is Cc1cc2ccccc2n1OC1CCN(CCNC(=O)c2ccc3c(c2)OCO3)CC1. The number of benzene rings is 2. The van der Waals surface area contributed by atoms with Crippen LogP contribution >= 0.6 is 0 Å². The topological polar surface area (TPSA) is 65.0 Å². The van der Waals surface area contributed by atoms with E-state index in [0.717, 1.165) is 43.7 Å². The number of carbonyl (C=O) groups is 1. The fourth-order valence-electron chi connectivity index (χ4n) is 4.26. The molecule has 1 fully saturated rings. The first-order valence-corrected chi connectivity index (χ1v) is 10.8. The van der Waals surface area contributed by atoms with Crippen molar-refractivity contribution in [2.24, 2.45) is 0 Å². The maximum atomic E-state index is 12.4. The van der Waals surface area contributed by atoms with Crippen LogP contribution in [0.3, 0.4) is 0 Å². The van der Waals surface area contributed by atoms with E-state index in [1.807, 2.05) is 10.8 Å². The molecule has 0 spiro atoms. The largest absolute Gasteiger partial charge is 0.454 e. The van der Waals surface area contributed by atoms with E-state index < -0.39 is 0 Å².